The van der Waals surface area contributed by atoms with Crippen LogP contribution in [0.2, 0.25) is 0 Å². The fourth-order valence-electron chi connectivity index (χ4n) is 2.42. The SMILES string of the molecule is CCC1CCNC(C(=O)Nc2ccc(C#N)cc2)C1. The highest BCUT2D eigenvalue weighted by molar-refractivity contribution is 5.94. The zero-order valence-electron chi connectivity index (χ0n) is 11.1. The number of carbonyl (C=O) groups is 1. The van der Waals surface area contributed by atoms with Gasteiger partial charge in [-0.25, -0.2) is 0 Å². The molecule has 2 unspecified atom stereocenters. The first kappa shape index (κ1) is 13.6. The van der Waals surface area contributed by atoms with E-state index in [0.717, 1.165) is 31.5 Å². The topological polar surface area (TPSA) is 64.9 Å². The van der Waals surface area contributed by atoms with Crippen LogP contribution in [-0.2, 0) is 4.79 Å². The van der Waals surface area contributed by atoms with Crippen LogP contribution in [0, 0.1) is 17.2 Å². The third-order valence-corrected chi connectivity index (χ3v) is 3.69. The number of amides is 1. The Balaban J connectivity index is 1.94. The van der Waals surface area contributed by atoms with E-state index in [1.165, 1.54) is 0 Å². The first-order chi connectivity index (χ1) is 9.22. The minimum atomic E-state index is -0.102. The van der Waals surface area contributed by atoms with Crippen LogP contribution in [0.4, 0.5) is 5.69 Å². The van der Waals surface area contributed by atoms with Crippen molar-refractivity contribution in [1.82, 2.24) is 5.32 Å². The Morgan fingerprint density at radius 1 is 1.47 bits per heavy atom. The molecule has 2 N–H and O–H groups in total. The molecule has 2 atom stereocenters. The molecule has 1 aromatic carbocycles. The summed E-state index contributed by atoms with van der Waals surface area (Å²) in [7, 11) is 0. The van der Waals surface area contributed by atoms with Gasteiger partial charge in [-0.3, -0.25) is 4.79 Å². The van der Waals surface area contributed by atoms with Crippen molar-refractivity contribution in [2.45, 2.75) is 32.2 Å². The van der Waals surface area contributed by atoms with E-state index in [-0.39, 0.29) is 11.9 Å². The standard InChI is InChI=1S/C15H19N3O/c1-2-11-7-8-17-14(9-11)15(19)18-13-5-3-12(10-16)4-6-13/h3-6,11,14,17H,2,7-9H2,1H3,(H,18,19). The van der Waals surface area contributed by atoms with Crippen molar-refractivity contribution in [2.24, 2.45) is 5.92 Å². The molecule has 0 spiro atoms. The second kappa shape index (κ2) is 6.35. The van der Waals surface area contributed by atoms with Gasteiger partial charge in [-0.1, -0.05) is 13.3 Å². The minimum Gasteiger partial charge on any atom is -0.325 e. The van der Waals surface area contributed by atoms with Crippen molar-refractivity contribution in [3.05, 3.63) is 29.8 Å². The molecule has 1 aliphatic heterocycles. The highest BCUT2D eigenvalue weighted by atomic mass is 16.2. The van der Waals surface area contributed by atoms with Gasteiger partial charge in [0.1, 0.15) is 0 Å². The first-order valence-electron chi connectivity index (χ1n) is 6.77. The number of nitrogens with zero attached hydrogens (tertiary/aromatic N) is 1. The second-order valence-corrected chi connectivity index (χ2v) is 4.98. The van der Waals surface area contributed by atoms with Gasteiger partial charge in [0.2, 0.25) is 5.91 Å². The van der Waals surface area contributed by atoms with Crippen molar-refractivity contribution >= 4 is 11.6 Å². The summed E-state index contributed by atoms with van der Waals surface area (Å²) in [4.78, 5) is 12.1. The summed E-state index contributed by atoms with van der Waals surface area (Å²) in [6, 6.07) is 8.89. The molecule has 0 aliphatic carbocycles. The molecular weight excluding hydrogens is 238 g/mol. The molecule has 2 rings (SSSR count). The number of benzene rings is 1. The molecule has 1 aromatic rings. The summed E-state index contributed by atoms with van der Waals surface area (Å²) in [6.07, 6.45) is 3.18. The minimum absolute atomic E-state index is 0.0165. The quantitative estimate of drug-likeness (QED) is 0.873. The Bertz CT molecular complexity index is 475. The molecule has 0 bridgehead atoms. The van der Waals surface area contributed by atoms with Crippen LogP contribution in [0.25, 0.3) is 0 Å². The van der Waals surface area contributed by atoms with E-state index >= 15 is 0 Å². The normalized spacial score (nSPS) is 22.5. The van der Waals surface area contributed by atoms with Crippen molar-refractivity contribution in [3.8, 4) is 6.07 Å². The highest BCUT2D eigenvalue weighted by Crippen LogP contribution is 2.20. The van der Waals surface area contributed by atoms with Crippen LogP contribution in [0.1, 0.15) is 31.7 Å². The van der Waals surface area contributed by atoms with Gasteiger partial charge in [0.15, 0.2) is 0 Å². The average molecular weight is 257 g/mol. The molecule has 0 radical (unpaired) electrons. The summed E-state index contributed by atoms with van der Waals surface area (Å²) in [5.41, 5.74) is 1.34. The van der Waals surface area contributed by atoms with Crippen LogP contribution >= 0.6 is 0 Å². The summed E-state index contributed by atoms with van der Waals surface area (Å²) >= 11 is 0. The second-order valence-electron chi connectivity index (χ2n) is 4.98. The third kappa shape index (κ3) is 3.55. The van der Waals surface area contributed by atoms with E-state index in [1.54, 1.807) is 24.3 Å². The smallest absolute Gasteiger partial charge is 0.241 e. The molecular formula is C15H19N3O. The van der Waals surface area contributed by atoms with Gasteiger partial charge in [0.25, 0.3) is 0 Å². The van der Waals surface area contributed by atoms with E-state index in [0.29, 0.717) is 11.5 Å². The molecule has 1 aliphatic rings. The lowest BCUT2D eigenvalue weighted by molar-refractivity contribution is -0.119. The largest absolute Gasteiger partial charge is 0.325 e. The molecule has 4 heteroatoms. The Hall–Kier alpha value is -1.86. The Morgan fingerprint density at radius 2 is 2.21 bits per heavy atom. The van der Waals surface area contributed by atoms with Crippen molar-refractivity contribution in [3.63, 3.8) is 0 Å². The average Bonchev–Trinajstić information content (AvgIpc) is 2.48. The van der Waals surface area contributed by atoms with E-state index in [9.17, 15) is 4.79 Å². The van der Waals surface area contributed by atoms with Crippen LogP contribution in [0.5, 0.6) is 0 Å². The Morgan fingerprint density at radius 3 is 2.84 bits per heavy atom. The van der Waals surface area contributed by atoms with Crippen LogP contribution in [0.15, 0.2) is 24.3 Å². The third-order valence-electron chi connectivity index (χ3n) is 3.69. The number of anilines is 1. The Kier molecular flexibility index (Phi) is 4.53. The summed E-state index contributed by atoms with van der Waals surface area (Å²) in [5, 5.41) is 14.9. The lowest BCUT2D eigenvalue weighted by atomic mass is 9.90. The fourth-order valence-corrected chi connectivity index (χ4v) is 2.42. The van der Waals surface area contributed by atoms with Crippen molar-refractivity contribution in [2.75, 3.05) is 11.9 Å². The van der Waals surface area contributed by atoms with Crippen molar-refractivity contribution < 1.29 is 4.79 Å². The van der Waals surface area contributed by atoms with Gasteiger partial charge in [0.05, 0.1) is 17.7 Å². The summed E-state index contributed by atoms with van der Waals surface area (Å²) in [6.45, 7) is 3.08. The maximum Gasteiger partial charge on any atom is 0.241 e. The van der Waals surface area contributed by atoms with E-state index in [1.807, 2.05) is 0 Å². The van der Waals surface area contributed by atoms with Gasteiger partial charge in [-0.05, 0) is 49.6 Å². The number of carbonyl (C=O) groups excluding carboxylic acids is 1. The molecule has 1 amide bonds. The lowest BCUT2D eigenvalue weighted by Crippen LogP contribution is -2.46. The lowest BCUT2D eigenvalue weighted by Gasteiger charge is -2.28. The van der Waals surface area contributed by atoms with E-state index in [2.05, 4.69) is 23.6 Å². The monoisotopic (exact) mass is 257 g/mol. The zero-order valence-corrected chi connectivity index (χ0v) is 11.1. The zero-order chi connectivity index (χ0) is 13.7. The first-order valence-corrected chi connectivity index (χ1v) is 6.77. The van der Waals surface area contributed by atoms with Crippen LogP contribution < -0.4 is 10.6 Å². The predicted octanol–water partition coefficient (Wildman–Crippen LogP) is 2.27. The van der Waals surface area contributed by atoms with Crippen LogP contribution in [0.3, 0.4) is 0 Å². The summed E-state index contributed by atoms with van der Waals surface area (Å²) in [5.74, 6) is 0.654. The fraction of sp³-hybridized carbons (Fsp3) is 0.467. The number of nitrogens with one attached hydrogen (secondary N) is 2. The molecule has 0 aromatic heterocycles. The van der Waals surface area contributed by atoms with Gasteiger partial charge < -0.3 is 10.6 Å². The number of piperidine rings is 1. The van der Waals surface area contributed by atoms with Gasteiger partial charge in [0, 0.05) is 5.69 Å². The predicted molar refractivity (Wildman–Crippen MR) is 74.6 cm³/mol. The summed E-state index contributed by atoms with van der Waals surface area (Å²) < 4.78 is 0. The Labute approximate surface area is 113 Å². The number of hydrogen-bond donors (Lipinski definition) is 2. The maximum atomic E-state index is 12.1. The molecule has 19 heavy (non-hydrogen) atoms. The van der Waals surface area contributed by atoms with Crippen molar-refractivity contribution in [1.29, 1.82) is 5.26 Å². The van der Waals surface area contributed by atoms with Gasteiger partial charge in [-0.2, -0.15) is 5.26 Å². The van der Waals surface area contributed by atoms with Crippen LogP contribution in [-0.4, -0.2) is 18.5 Å². The van der Waals surface area contributed by atoms with Gasteiger partial charge >= 0.3 is 0 Å². The maximum absolute atomic E-state index is 12.1. The molecule has 1 fully saturated rings. The number of nitriles is 1. The van der Waals surface area contributed by atoms with E-state index in [4.69, 9.17) is 5.26 Å². The molecule has 1 saturated heterocycles. The molecule has 100 valence electrons. The number of rotatable bonds is 3. The molecule has 4 nitrogen and oxygen atoms in total. The number of hydrogen-bond acceptors (Lipinski definition) is 3. The molecule has 1 heterocycles. The molecule has 0 saturated carbocycles. The highest BCUT2D eigenvalue weighted by Gasteiger charge is 2.25. The van der Waals surface area contributed by atoms with Gasteiger partial charge in [-0.15, -0.1) is 0 Å². The van der Waals surface area contributed by atoms with E-state index < -0.39 is 0 Å².